The number of hydrogen-bond donors (Lipinski definition) is 1. The zero-order chi connectivity index (χ0) is 8.91. The third-order valence-corrected chi connectivity index (χ3v) is 1.15. The summed E-state index contributed by atoms with van der Waals surface area (Å²) in [6, 6.07) is 0. The topological polar surface area (TPSA) is 80.7 Å². The summed E-state index contributed by atoms with van der Waals surface area (Å²) >= 11 is 0. The highest BCUT2D eigenvalue weighted by molar-refractivity contribution is 7.81. The Hall–Kier alpha value is -0.880. The van der Waals surface area contributed by atoms with Crippen molar-refractivity contribution in [1.29, 1.82) is 0 Å². The molecule has 0 amide bonds. The number of rotatable bonds is 4. The van der Waals surface area contributed by atoms with Gasteiger partial charge in [0.05, 0.1) is 6.42 Å². The minimum absolute atomic E-state index is 0.108. The molecule has 5 nitrogen and oxygen atoms in total. The normalized spacial score (nSPS) is 10.6. The Morgan fingerprint density at radius 3 is 2.55 bits per heavy atom. The van der Waals surface area contributed by atoms with Crippen molar-refractivity contribution in [3.63, 3.8) is 0 Å². The molecule has 0 fully saturated rings. The molecular formula is C5H8O5S. The van der Waals surface area contributed by atoms with Gasteiger partial charge in [0.25, 0.3) is 0 Å². The lowest BCUT2D eigenvalue weighted by Gasteiger charge is -1.96. The first-order valence-corrected chi connectivity index (χ1v) is 4.13. The molecular weight excluding hydrogens is 172 g/mol. The minimum Gasteiger partial charge on any atom is -0.325 e. The molecule has 0 aliphatic rings. The fourth-order valence-corrected chi connectivity index (χ4v) is 0.697. The summed E-state index contributed by atoms with van der Waals surface area (Å²) in [6.07, 6.45) is 1.64. The lowest BCUT2D eigenvalue weighted by molar-refractivity contribution is -0.134. The van der Waals surface area contributed by atoms with E-state index >= 15 is 0 Å². The highest BCUT2D eigenvalue weighted by Gasteiger charge is 2.11. The average molecular weight is 180 g/mol. The number of carbonyl (C=O) groups excluding carboxylic acids is 1. The summed E-state index contributed by atoms with van der Waals surface area (Å²) in [6.45, 7) is 3.31. The Labute approximate surface area is 64.6 Å². The zero-order valence-corrected chi connectivity index (χ0v) is 6.50. The Morgan fingerprint density at radius 2 is 2.18 bits per heavy atom. The highest BCUT2D eigenvalue weighted by Crippen LogP contribution is 1.96. The van der Waals surface area contributed by atoms with E-state index in [-0.39, 0.29) is 6.42 Å². The standard InChI is InChI=1S/C5H8O5S/c1-2-3-4-5(6)10-11(7,8)9/h2H,1,3-4H2,(H,7,8,9). The van der Waals surface area contributed by atoms with Gasteiger partial charge in [0.15, 0.2) is 0 Å². The molecule has 6 heteroatoms. The number of carbonyl (C=O) groups is 1. The van der Waals surface area contributed by atoms with Crippen molar-refractivity contribution in [3.05, 3.63) is 12.7 Å². The Bertz CT molecular complexity index is 240. The highest BCUT2D eigenvalue weighted by atomic mass is 32.3. The van der Waals surface area contributed by atoms with Gasteiger partial charge in [-0.25, -0.2) is 0 Å². The molecule has 0 aromatic rings. The Morgan fingerprint density at radius 1 is 1.64 bits per heavy atom. The van der Waals surface area contributed by atoms with Gasteiger partial charge in [-0.05, 0) is 6.42 Å². The molecule has 0 atom stereocenters. The van der Waals surface area contributed by atoms with Crippen molar-refractivity contribution in [3.8, 4) is 0 Å². The van der Waals surface area contributed by atoms with Crippen LogP contribution in [0.2, 0.25) is 0 Å². The van der Waals surface area contributed by atoms with E-state index in [1.807, 2.05) is 0 Å². The Kier molecular flexibility index (Phi) is 3.77. The second-order valence-electron chi connectivity index (χ2n) is 1.71. The Balaban J connectivity index is 3.80. The summed E-state index contributed by atoms with van der Waals surface area (Å²) < 4.78 is 31.4. The SMILES string of the molecule is C=CCCC(=O)OS(=O)(=O)O. The van der Waals surface area contributed by atoms with Gasteiger partial charge in [-0.3, -0.25) is 9.35 Å². The third-order valence-electron chi connectivity index (χ3n) is 0.751. The lowest BCUT2D eigenvalue weighted by atomic mass is 10.3. The molecule has 0 aromatic heterocycles. The van der Waals surface area contributed by atoms with Crippen LogP contribution in [0.3, 0.4) is 0 Å². The summed E-state index contributed by atoms with van der Waals surface area (Å²) in [7, 11) is -4.64. The van der Waals surface area contributed by atoms with Crippen LogP contribution in [0.1, 0.15) is 12.8 Å². The molecule has 0 aliphatic heterocycles. The maximum absolute atomic E-state index is 10.4. The quantitative estimate of drug-likeness (QED) is 0.497. The van der Waals surface area contributed by atoms with E-state index in [2.05, 4.69) is 10.8 Å². The predicted molar refractivity (Wildman–Crippen MR) is 37.1 cm³/mol. The molecule has 0 spiro atoms. The van der Waals surface area contributed by atoms with Crippen LogP contribution < -0.4 is 0 Å². The molecule has 64 valence electrons. The van der Waals surface area contributed by atoms with Gasteiger partial charge in [0.2, 0.25) is 0 Å². The van der Waals surface area contributed by atoms with Crippen LogP contribution in [0.25, 0.3) is 0 Å². The fraction of sp³-hybridized carbons (Fsp3) is 0.400. The monoisotopic (exact) mass is 180 g/mol. The second-order valence-corrected chi connectivity index (χ2v) is 2.73. The molecule has 0 heterocycles. The minimum atomic E-state index is -4.64. The van der Waals surface area contributed by atoms with E-state index in [0.29, 0.717) is 6.42 Å². The predicted octanol–water partition coefficient (Wildman–Crippen LogP) is 0.299. The van der Waals surface area contributed by atoms with Crippen LogP contribution >= 0.6 is 0 Å². The van der Waals surface area contributed by atoms with Crippen LogP contribution in [-0.4, -0.2) is 18.9 Å². The van der Waals surface area contributed by atoms with Crippen molar-refractivity contribution < 1.29 is 21.9 Å². The molecule has 0 aromatic carbocycles. The van der Waals surface area contributed by atoms with Crippen LogP contribution in [-0.2, 0) is 19.4 Å². The molecule has 0 unspecified atom stereocenters. The number of allylic oxidation sites excluding steroid dienone is 1. The van der Waals surface area contributed by atoms with Crippen molar-refractivity contribution in [2.75, 3.05) is 0 Å². The van der Waals surface area contributed by atoms with E-state index < -0.39 is 16.4 Å². The molecule has 0 bridgehead atoms. The number of hydrogen-bond acceptors (Lipinski definition) is 4. The molecule has 0 saturated carbocycles. The zero-order valence-electron chi connectivity index (χ0n) is 5.69. The molecule has 1 N–H and O–H groups in total. The van der Waals surface area contributed by atoms with Gasteiger partial charge in [0.1, 0.15) is 0 Å². The molecule has 11 heavy (non-hydrogen) atoms. The summed E-state index contributed by atoms with van der Waals surface area (Å²) in [5.41, 5.74) is 0. The van der Waals surface area contributed by atoms with E-state index in [4.69, 9.17) is 4.55 Å². The average Bonchev–Trinajstić information content (AvgIpc) is 1.79. The smallest absolute Gasteiger partial charge is 0.325 e. The van der Waals surface area contributed by atoms with Crippen LogP contribution in [0.5, 0.6) is 0 Å². The fourth-order valence-electron chi connectivity index (χ4n) is 0.379. The first-order valence-electron chi connectivity index (χ1n) is 2.76. The maximum Gasteiger partial charge on any atom is 0.448 e. The van der Waals surface area contributed by atoms with Crippen LogP contribution in [0, 0.1) is 0 Å². The first-order chi connectivity index (χ1) is 4.95. The van der Waals surface area contributed by atoms with Gasteiger partial charge in [-0.2, -0.15) is 8.42 Å². The summed E-state index contributed by atoms with van der Waals surface area (Å²) in [4.78, 5) is 10.4. The molecule has 0 rings (SSSR count). The van der Waals surface area contributed by atoms with Crippen molar-refractivity contribution in [2.24, 2.45) is 0 Å². The summed E-state index contributed by atoms with van der Waals surface area (Å²) in [5, 5.41) is 0. The van der Waals surface area contributed by atoms with E-state index in [1.54, 1.807) is 0 Å². The van der Waals surface area contributed by atoms with Crippen molar-refractivity contribution in [1.82, 2.24) is 0 Å². The maximum atomic E-state index is 10.4. The molecule has 0 radical (unpaired) electrons. The van der Waals surface area contributed by atoms with Gasteiger partial charge in [-0.1, -0.05) is 6.08 Å². The van der Waals surface area contributed by atoms with E-state index in [1.165, 1.54) is 6.08 Å². The van der Waals surface area contributed by atoms with Crippen molar-refractivity contribution >= 4 is 16.4 Å². The second kappa shape index (κ2) is 4.09. The van der Waals surface area contributed by atoms with E-state index in [0.717, 1.165) is 0 Å². The molecule has 0 saturated heterocycles. The van der Waals surface area contributed by atoms with Gasteiger partial charge < -0.3 is 4.18 Å². The van der Waals surface area contributed by atoms with Gasteiger partial charge in [0, 0.05) is 0 Å². The summed E-state index contributed by atoms with van der Waals surface area (Å²) in [5.74, 6) is -0.993. The first kappa shape index (κ1) is 10.1. The molecule has 0 aliphatic carbocycles. The van der Waals surface area contributed by atoms with Gasteiger partial charge in [-0.15, -0.1) is 6.58 Å². The van der Waals surface area contributed by atoms with Gasteiger partial charge >= 0.3 is 16.4 Å². The van der Waals surface area contributed by atoms with E-state index in [9.17, 15) is 13.2 Å². The van der Waals surface area contributed by atoms with Crippen LogP contribution in [0.15, 0.2) is 12.7 Å². The lowest BCUT2D eigenvalue weighted by Crippen LogP contribution is -2.10. The van der Waals surface area contributed by atoms with Crippen molar-refractivity contribution in [2.45, 2.75) is 12.8 Å². The van der Waals surface area contributed by atoms with Crippen LogP contribution in [0.4, 0.5) is 0 Å². The largest absolute Gasteiger partial charge is 0.448 e. The third kappa shape index (κ3) is 7.01.